The first-order valence-electron chi connectivity index (χ1n) is 7.45. The molecule has 23 heavy (non-hydrogen) atoms. The SMILES string of the molecule is CN(CCC(Oc1ccc(CO)cc1)c1ccccc1)C(=O)O. The maximum atomic E-state index is 10.9. The van der Waals surface area contributed by atoms with Crippen LogP contribution in [0.1, 0.15) is 23.7 Å². The molecule has 5 heteroatoms. The smallest absolute Gasteiger partial charge is 0.407 e. The Bertz CT molecular complexity index is 613. The molecule has 2 aromatic rings. The van der Waals surface area contributed by atoms with E-state index in [-0.39, 0.29) is 12.7 Å². The van der Waals surface area contributed by atoms with Gasteiger partial charge in [-0.25, -0.2) is 4.79 Å². The highest BCUT2D eigenvalue weighted by atomic mass is 16.5. The minimum absolute atomic E-state index is 0.00813. The molecule has 1 atom stereocenters. The van der Waals surface area contributed by atoms with Crippen LogP contribution in [0.25, 0.3) is 0 Å². The standard InChI is InChI=1S/C18H21NO4/c1-19(18(21)22)12-11-17(15-5-3-2-4-6-15)23-16-9-7-14(13-20)8-10-16/h2-10,17,20H,11-13H2,1H3,(H,21,22). The molecule has 0 radical (unpaired) electrons. The minimum atomic E-state index is -0.955. The number of carbonyl (C=O) groups is 1. The Hall–Kier alpha value is -2.53. The van der Waals surface area contributed by atoms with Crippen molar-refractivity contribution in [3.63, 3.8) is 0 Å². The van der Waals surface area contributed by atoms with E-state index in [4.69, 9.17) is 14.9 Å². The molecule has 0 bridgehead atoms. The van der Waals surface area contributed by atoms with Crippen LogP contribution < -0.4 is 4.74 Å². The Labute approximate surface area is 135 Å². The Morgan fingerprint density at radius 1 is 1.13 bits per heavy atom. The molecule has 1 unspecified atom stereocenters. The van der Waals surface area contributed by atoms with Crippen molar-refractivity contribution < 1.29 is 19.7 Å². The van der Waals surface area contributed by atoms with Gasteiger partial charge < -0.3 is 19.8 Å². The van der Waals surface area contributed by atoms with E-state index in [0.29, 0.717) is 18.7 Å². The Balaban J connectivity index is 2.10. The Morgan fingerprint density at radius 3 is 2.35 bits per heavy atom. The second-order valence-electron chi connectivity index (χ2n) is 5.31. The summed E-state index contributed by atoms with van der Waals surface area (Å²) in [5.74, 6) is 0.689. The van der Waals surface area contributed by atoms with Crippen molar-refractivity contribution >= 4 is 6.09 Å². The first-order valence-corrected chi connectivity index (χ1v) is 7.45. The Morgan fingerprint density at radius 2 is 1.78 bits per heavy atom. The number of aliphatic hydroxyl groups is 1. The number of aliphatic hydroxyl groups excluding tert-OH is 1. The molecule has 0 saturated carbocycles. The summed E-state index contributed by atoms with van der Waals surface area (Å²) in [7, 11) is 1.54. The van der Waals surface area contributed by atoms with E-state index in [1.165, 1.54) is 4.90 Å². The molecule has 2 aromatic carbocycles. The normalized spacial score (nSPS) is 11.7. The molecule has 122 valence electrons. The fourth-order valence-corrected chi connectivity index (χ4v) is 2.21. The molecule has 0 saturated heterocycles. The summed E-state index contributed by atoms with van der Waals surface area (Å²) in [5, 5.41) is 18.1. The van der Waals surface area contributed by atoms with Gasteiger partial charge in [-0.3, -0.25) is 0 Å². The summed E-state index contributed by atoms with van der Waals surface area (Å²) in [4.78, 5) is 12.2. The molecule has 0 aliphatic rings. The number of nitrogens with zero attached hydrogens (tertiary/aromatic N) is 1. The van der Waals surface area contributed by atoms with Crippen LogP contribution in [0.5, 0.6) is 5.75 Å². The summed E-state index contributed by atoms with van der Waals surface area (Å²) in [6.45, 7) is 0.370. The second kappa shape index (κ2) is 8.19. The van der Waals surface area contributed by atoms with E-state index in [0.717, 1.165) is 11.1 Å². The van der Waals surface area contributed by atoms with Crippen LogP contribution in [0.4, 0.5) is 4.79 Å². The summed E-state index contributed by atoms with van der Waals surface area (Å²) >= 11 is 0. The van der Waals surface area contributed by atoms with Crippen LogP contribution in [0.3, 0.4) is 0 Å². The van der Waals surface area contributed by atoms with E-state index in [1.54, 1.807) is 19.2 Å². The van der Waals surface area contributed by atoms with E-state index >= 15 is 0 Å². The number of ether oxygens (including phenoxy) is 1. The van der Waals surface area contributed by atoms with Crippen LogP contribution in [-0.2, 0) is 6.61 Å². The summed E-state index contributed by atoms with van der Waals surface area (Å²) in [6.07, 6.45) is -0.642. The maximum absolute atomic E-state index is 10.9. The molecule has 0 aromatic heterocycles. The van der Waals surface area contributed by atoms with E-state index in [9.17, 15) is 4.79 Å². The van der Waals surface area contributed by atoms with E-state index in [2.05, 4.69) is 0 Å². The van der Waals surface area contributed by atoms with Crippen molar-refractivity contribution in [3.05, 3.63) is 65.7 Å². The lowest BCUT2D eigenvalue weighted by atomic mass is 10.1. The van der Waals surface area contributed by atoms with Gasteiger partial charge in [0.2, 0.25) is 0 Å². The summed E-state index contributed by atoms with van der Waals surface area (Å²) in [6, 6.07) is 17.0. The molecular weight excluding hydrogens is 294 g/mol. The zero-order chi connectivity index (χ0) is 16.7. The molecule has 2 rings (SSSR count). The molecule has 0 fully saturated rings. The van der Waals surface area contributed by atoms with Gasteiger partial charge in [0.1, 0.15) is 11.9 Å². The number of rotatable bonds is 7. The van der Waals surface area contributed by atoms with Crippen LogP contribution in [0.15, 0.2) is 54.6 Å². The predicted octanol–water partition coefficient (Wildman–Crippen LogP) is 3.30. The monoisotopic (exact) mass is 315 g/mol. The van der Waals surface area contributed by atoms with Crippen LogP contribution in [0.2, 0.25) is 0 Å². The van der Waals surface area contributed by atoms with Gasteiger partial charge in [0.25, 0.3) is 0 Å². The van der Waals surface area contributed by atoms with Crippen molar-refractivity contribution in [2.75, 3.05) is 13.6 Å². The van der Waals surface area contributed by atoms with Crippen molar-refractivity contribution in [3.8, 4) is 5.75 Å². The predicted molar refractivity (Wildman–Crippen MR) is 87.4 cm³/mol. The second-order valence-corrected chi connectivity index (χ2v) is 5.31. The van der Waals surface area contributed by atoms with Gasteiger partial charge in [-0.2, -0.15) is 0 Å². The average molecular weight is 315 g/mol. The van der Waals surface area contributed by atoms with Gasteiger partial charge in [-0.1, -0.05) is 42.5 Å². The topological polar surface area (TPSA) is 70.0 Å². The molecule has 2 N–H and O–H groups in total. The van der Waals surface area contributed by atoms with E-state index in [1.807, 2.05) is 42.5 Å². The zero-order valence-corrected chi connectivity index (χ0v) is 13.1. The third-order valence-corrected chi connectivity index (χ3v) is 3.61. The molecule has 1 amide bonds. The van der Waals surface area contributed by atoms with Gasteiger partial charge in [-0.05, 0) is 23.3 Å². The lowest BCUT2D eigenvalue weighted by Crippen LogP contribution is -2.27. The van der Waals surface area contributed by atoms with Crippen LogP contribution in [-0.4, -0.2) is 34.8 Å². The molecule has 5 nitrogen and oxygen atoms in total. The van der Waals surface area contributed by atoms with Crippen LogP contribution in [0, 0.1) is 0 Å². The molecular formula is C18H21NO4. The summed E-state index contributed by atoms with van der Waals surface area (Å²) < 4.78 is 6.03. The fraction of sp³-hybridized carbons (Fsp3) is 0.278. The first-order chi connectivity index (χ1) is 11.1. The lowest BCUT2D eigenvalue weighted by Gasteiger charge is -2.22. The third-order valence-electron chi connectivity index (χ3n) is 3.61. The third kappa shape index (κ3) is 5.00. The van der Waals surface area contributed by atoms with Crippen molar-refractivity contribution in [2.24, 2.45) is 0 Å². The molecule has 0 aliphatic carbocycles. The number of hydrogen-bond donors (Lipinski definition) is 2. The van der Waals surface area contributed by atoms with Gasteiger partial charge >= 0.3 is 6.09 Å². The zero-order valence-electron chi connectivity index (χ0n) is 13.1. The van der Waals surface area contributed by atoms with Gasteiger partial charge in [0, 0.05) is 20.0 Å². The molecule has 0 spiro atoms. The lowest BCUT2D eigenvalue weighted by molar-refractivity contribution is 0.140. The number of hydrogen-bond acceptors (Lipinski definition) is 3. The maximum Gasteiger partial charge on any atom is 0.407 e. The number of carboxylic acid groups (broad SMARTS) is 1. The van der Waals surface area contributed by atoms with Gasteiger partial charge in [-0.15, -0.1) is 0 Å². The Kier molecular flexibility index (Phi) is 6.00. The minimum Gasteiger partial charge on any atom is -0.486 e. The van der Waals surface area contributed by atoms with Crippen molar-refractivity contribution in [1.82, 2.24) is 4.90 Å². The number of amides is 1. The van der Waals surface area contributed by atoms with Crippen LogP contribution >= 0.6 is 0 Å². The largest absolute Gasteiger partial charge is 0.486 e. The highest BCUT2D eigenvalue weighted by Gasteiger charge is 2.16. The van der Waals surface area contributed by atoms with Crippen molar-refractivity contribution in [1.29, 1.82) is 0 Å². The molecule has 0 heterocycles. The van der Waals surface area contributed by atoms with Gasteiger partial charge in [0.15, 0.2) is 0 Å². The fourth-order valence-electron chi connectivity index (χ4n) is 2.21. The quantitative estimate of drug-likeness (QED) is 0.822. The number of benzene rings is 2. The van der Waals surface area contributed by atoms with E-state index < -0.39 is 6.09 Å². The van der Waals surface area contributed by atoms with Gasteiger partial charge in [0.05, 0.1) is 6.61 Å². The van der Waals surface area contributed by atoms with Crippen molar-refractivity contribution in [2.45, 2.75) is 19.1 Å². The first kappa shape index (κ1) is 16.8. The average Bonchev–Trinajstić information content (AvgIpc) is 2.59. The molecule has 0 aliphatic heterocycles. The highest BCUT2D eigenvalue weighted by Crippen LogP contribution is 2.25. The summed E-state index contributed by atoms with van der Waals surface area (Å²) in [5.41, 5.74) is 1.82. The highest BCUT2D eigenvalue weighted by molar-refractivity contribution is 5.64.